The topological polar surface area (TPSA) is 83.7 Å². The molecule has 2 aromatic carbocycles. The van der Waals surface area contributed by atoms with E-state index in [2.05, 4.69) is 49.5 Å². The van der Waals surface area contributed by atoms with Gasteiger partial charge in [0.2, 0.25) is 17.6 Å². The predicted octanol–water partition coefficient (Wildman–Crippen LogP) is 3.76. The number of halogens is 1. The summed E-state index contributed by atoms with van der Waals surface area (Å²) in [5.74, 6) is 1.05. The Kier molecular flexibility index (Phi) is 7.61. The van der Waals surface area contributed by atoms with Gasteiger partial charge in [-0.25, -0.2) is 0 Å². The summed E-state index contributed by atoms with van der Waals surface area (Å²) in [6.07, 6.45) is 1.84. The van der Waals surface area contributed by atoms with Crippen molar-refractivity contribution in [2.24, 2.45) is 5.92 Å². The summed E-state index contributed by atoms with van der Waals surface area (Å²) in [6.45, 7) is 5.99. The number of carbonyl (C=O) groups excluding carboxylic acids is 1. The summed E-state index contributed by atoms with van der Waals surface area (Å²) in [5, 5.41) is 7.79. The van der Waals surface area contributed by atoms with Crippen LogP contribution in [0.3, 0.4) is 0 Å². The lowest BCUT2D eigenvalue weighted by molar-refractivity contribution is -0.127. The van der Waals surface area contributed by atoms with Crippen molar-refractivity contribution in [3.63, 3.8) is 0 Å². The van der Waals surface area contributed by atoms with Gasteiger partial charge in [0.15, 0.2) is 0 Å². The molecule has 2 aliphatic rings. The van der Waals surface area contributed by atoms with Gasteiger partial charge in [-0.15, -0.1) is 0 Å². The van der Waals surface area contributed by atoms with Gasteiger partial charge in [0, 0.05) is 37.4 Å². The van der Waals surface area contributed by atoms with E-state index in [0.29, 0.717) is 36.4 Å². The van der Waals surface area contributed by atoms with Crippen molar-refractivity contribution in [2.75, 3.05) is 44.3 Å². The van der Waals surface area contributed by atoms with Crippen molar-refractivity contribution in [3.8, 4) is 11.4 Å². The van der Waals surface area contributed by atoms with Crippen LogP contribution in [0, 0.1) is 5.92 Å². The number of carbonyl (C=O) groups is 1. The molecule has 1 unspecified atom stereocenters. The minimum absolute atomic E-state index is 0.0534. The third-order valence-electron chi connectivity index (χ3n) is 6.60. The first kappa shape index (κ1) is 23.8. The minimum Gasteiger partial charge on any atom is -0.378 e. The number of anilines is 1. The molecular weight excluding hydrogens is 466 g/mol. The fraction of sp³-hybridized carbons (Fsp3) is 0.423. The molecule has 0 bridgehead atoms. The Hall–Kier alpha value is -2.94. The summed E-state index contributed by atoms with van der Waals surface area (Å²) >= 11 is 6.25. The molecular formula is C26H30ClN5O3. The van der Waals surface area contributed by atoms with Crippen LogP contribution in [0.2, 0.25) is 5.02 Å². The third-order valence-corrected chi connectivity index (χ3v) is 6.93. The van der Waals surface area contributed by atoms with E-state index in [1.165, 1.54) is 5.69 Å². The van der Waals surface area contributed by atoms with Crippen molar-refractivity contribution < 1.29 is 14.1 Å². The van der Waals surface area contributed by atoms with Crippen LogP contribution >= 0.6 is 11.6 Å². The van der Waals surface area contributed by atoms with E-state index < -0.39 is 0 Å². The molecule has 3 heterocycles. The average molecular weight is 496 g/mol. The Labute approximate surface area is 210 Å². The van der Waals surface area contributed by atoms with E-state index >= 15 is 0 Å². The first-order valence-corrected chi connectivity index (χ1v) is 12.5. The van der Waals surface area contributed by atoms with E-state index in [1.54, 1.807) is 6.07 Å². The number of hydrogen-bond acceptors (Lipinski definition) is 7. The van der Waals surface area contributed by atoms with Crippen LogP contribution in [0.4, 0.5) is 5.69 Å². The Bertz CT molecular complexity index is 1130. The van der Waals surface area contributed by atoms with Crippen LogP contribution in [0.15, 0.2) is 53.1 Å². The second kappa shape index (κ2) is 11.2. The van der Waals surface area contributed by atoms with Crippen molar-refractivity contribution in [1.82, 2.24) is 20.4 Å². The maximum absolute atomic E-state index is 12.9. The summed E-state index contributed by atoms with van der Waals surface area (Å²) in [5.41, 5.74) is 3.05. The lowest BCUT2D eigenvalue weighted by Crippen LogP contribution is -2.42. The second-order valence-corrected chi connectivity index (χ2v) is 9.46. The average Bonchev–Trinajstić information content (AvgIpc) is 3.36. The Morgan fingerprint density at radius 3 is 2.69 bits per heavy atom. The standard InChI is InChI=1S/C26H30ClN5O3/c27-23-6-2-1-5-22(23)25-29-24(35-30-25)18-31-11-3-4-20(17-31)26(33)28-16-19-7-9-21(10-8-19)32-12-14-34-15-13-32/h1-2,5-10,20H,3-4,11-18H2,(H,28,33). The van der Waals surface area contributed by atoms with Gasteiger partial charge in [-0.2, -0.15) is 4.98 Å². The van der Waals surface area contributed by atoms with Crippen LogP contribution < -0.4 is 10.2 Å². The largest absolute Gasteiger partial charge is 0.378 e. The molecule has 35 heavy (non-hydrogen) atoms. The first-order valence-electron chi connectivity index (χ1n) is 12.1. The molecule has 0 aliphatic carbocycles. The number of nitrogens with zero attached hydrogens (tertiary/aromatic N) is 4. The maximum atomic E-state index is 12.9. The molecule has 2 fully saturated rings. The van der Waals surface area contributed by atoms with Gasteiger partial charge in [0.05, 0.1) is 30.7 Å². The van der Waals surface area contributed by atoms with E-state index in [-0.39, 0.29) is 11.8 Å². The molecule has 9 heteroatoms. The highest BCUT2D eigenvalue weighted by Crippen LogP contribution is 2.26. The zero-order valence-corrected chi connectivity index (χ0v) is 20.4. The number of piperidine rings is 1. The third kappa shape index (κ3) is 6.01. The predicted molar refractivity (Wildman–Crippen MR) is 134 cm³/mol. The zero-order valence-electron chi connectivity index (χ0n) is 19.7. The van der Waals surface area contributed by atoms with Gasteiger partial charge in [-0.05, 0) is 49.2 Å². The summed E-state index contributed by atoms with van der Waals surface area (Å²) in [6, 6.07) is 15.9. The van der Waals surface area contributed by atoms with Crippen molar-refractivity contribution in [1.29, 1.82) is 0 Å². The molecule has 0 radical (unpaired) electrons. The van der Waals surface area contributed by atoms with Crippen LogP contribution in [0.25, 0.3) is 11.4 Å². The Balaban J connectivity index is 1.12. The van der Waals surface area contributed by atoms with Gasteiger partial charge in [-0.3, -0.25) is 9.69 Å². The van der Waals surface area contributed by atoms with Crippen LogP contribution in [-0.4, -0.2) is 60.3 Å². The van der Waals surface area contributed by atoms with Gasteiger partial charge < -0.3 is 19.5 Å². The number of morpholine rings is 1. The van der Waals surface area contributed by atoms with E-state index in [4.69, 9.17) is 20.9 Å². The number of rotatable bonds is 7. The molecule has 1 N–H and O–H groups in total. The van der Waals surface area contributed by atoms with Gasteiger partial charge in [0.1, 0.15) is 0 Å². The number of aromatic nitrogens is 2. The normalized spacial score (nSPS) is 19.0. The van der Waals surface area contributed by atoms with E-state index in [9.17, 15) is 4.79 Å². The van der Waals surface area contributed by atoms with Crippen molar-refractivity contribution in [2.45, 2.75) is 25.9 Å². The maximum Gasteiger partial charge on any atom is 0.241 e. The zero-order chi connectivity index (χ0) is 24.0. The number of hydrogen-bond donors (Lipinski definition) is 1. The first-order chi connectivity index (χ1) is 17.2. The molecule has 1 amide bonds. The highest BCUT2D eigenvalue weighted by Gasteiger charge is 2.27. The molecule has 2 aliphatic heterocycles. The summed E-state index contributed by atoms with van der Waals surface area (Å²) < 4.78 is 10.9. The van der Waals surface area contributed by atoms with Gasteiger partial charge >= 0.3 is 0 Å². The molecule has 184 valence electrons. The van der Waals surface area contributed by atoms with E-state index in [1.807, 2.05) is 18.2 Å². The SMILES string of the molecule is O=C(NCc1ccc(N2CCOCC2)cc1)C1CCCN(Cc2nc(-c3ccccc3Cl)no2)C1. The van der Waals surface area contributed by atoms with Crippen LogP contribution in [0.1, 0.15) is 24.3 Å². The quantitative estimate of drug-likeness (QED) is 0.534. The molecule has 3 aromatic rings. The second-order valence-electron chi connectivity index (χ2n) is 9.05. The molecule has 1 atom stereocenters. The number of benzene rings is 2. The molecule has 5 rings (SSSR count). The van der Waals surface area contributed by atoms with Crippen LogP contribution in [-0.2, 0) is 22.6 Å². The lowest BCUT2D eigenvalue weighted by Gasteiger charge is -2.31. The Morgan fingerprint density at radius 1 is 1.09 bits per heavy atom. The smallest absolute Gasteiger partial charge is 0.241 e. The highest BCUT2D eigenvalue weighted by molar-refractivity contribution is 6.33. The van der Waals surface area contributed by atoms with Crippen molar-refractivity contribution >= 4 is 23.2 Å². The fourth-order valence-corrected chi connectivity index (χ4v) is 4.88. The number of nitrogens with one attached hydrogen (secondary N) is 1. The molecule has 0 saturated carbocycles. The monoisotopic (exact) mass is 495 g/mol. The minimum atomic E-state index is -0.0534. The molecule has 2 saturated heterocycles. The van der Waals surface area contributed by atoms with E-state index in [0.717, 1.165) is 56.8 Å². The number of amides is 1. The molecule has 0 spiro atoms. The highest BCUT2D eigenvalue weighted by atomic mass is 35.5. The number of likely N-dealkylation sites (tertiary alicyclic amines) is 1. The molecule has 1 aromatic heterocycles. The van der Waals surface area contributed by atoms with Gasteiger partial charge in [-0.1, -0.05) is 41.0 Å². The Morgan fingerprint density at radius 2 is 1.89 bits per heavy atom. The molecule has 8 nitrogen and oxygen atoms in total. The van der Waals surface area contributed by atoms with Crippen molar-refractivity contribution in [3.05, 3.63) is 65.0 Å². The van der Waals surface area contributed by atoms with Crippen LogP contribution in [0.5, 0.6) is 0 Å². The fourth-order valence-electron chi connectivity index (χ4n) is 4.66. The summed E-state index contributed by atoms with van der Waals surface area (Å²) in [7, 11) is 0. The number of ether oxygens (including phenoxy) is 1. The lowest BCUT2D eigenvalue weighted by atomic mass is 9.97. The summed E-state index contributed by atoms with van der Waals surface area (Å²) in [4.78, 5) is 21.9. The van der Waals surface area contributed by atoms with Gasteiger partial charge in [0.25, 0.3) is 0 Å².